The topological polar surface area (TPSA) is 0 Å². The fraction of sp³-hybridized carbons (Fsp3) is 0.333. The van der Waals surface area contributed by atoms with E-state index >= 15 is 0 Å². The predicted octanol–water partition coefficient (Wildman–Crippen LogP) is 4.46. The summed E-state index contributed by atoms with van der Waals surface area (Å²) in [6.45, 7) is 2.30. The van der Waals surface area contributed by atoms with Crippen molar-refractivity contribution in [3.8, 4) is 0 Å². The number of benzene rings is 1. The highest BCUT2D eigenvalue weighted by Gasteiger charge is 2.07. The molecule has 1 aliphatic rings. The lowest BCUT2D eigenvalue weighted by molar-refractivity contribution is 0.754. The Morgan fingerprint density at radius 1 is 1.13 bits per heavy atom. The second kappa shape index (κ2) is 4.97. The number of allylic oxidation sites excluding steroid dienone is 4. The molecular weight excluding hydrogens is 180 g/mol. The van der Waals surface area contributed by atoms with Crippen LogP contribution in [0.1, 0.15) is 37.7 Å². The first-order valence-corrected chi connectivity index (χ1v) is 5.77. The maximum absolute atomic E-state index is 2.37. The highest BCUT2D eigenvalue weighted by Crippen LogP contribution is 2.25. The van der Waals surface area contributed by atoms with E-state index in [1.54, 1.807) is 0 Å². The summed E-state index contributed by atoms with van der Waals surface area (Å²) in [6.07, 6.45) is 10.5. The molecule has 0 fully saturated rings. The summed E-state index contributed by atoms with van der Waals surface area (Å²) in [5, 5.41) is 0. The molecule has 78 valence electrons. The van der Waals surface area contributed by atoms with E-state index in [1.807, 2.05) is 0 Å². The molecule has 0 saturated heterocycles. The van der Waals surface area contributed by atoms with Crippen molar-refractivity contribution >= 4 is 0 Å². The Labute approximate surface area is 92.3 Å². The molecule has 2 rings (SSSR count). The Morgan fingerprint density at radius 2 is 1.93 bits per heavy atom. The average Bonchev–Trinajstić information content (AvgIpc) is 2.31. The van der Waals surface area contributed by atoms with Crippen molar-refractivity contribution in [2.45, 2.75) is 32.1 Å². The molecule has 0 N–H and O–H groups in total. The molecule has 1 aromatic carbocycles. The van der Waals surface area contributed by atoms with E-state index in [2.05, 4.69) is 55.5 Å². The molecule has 1 atom stereocenters. The third-order valence-corrected chi connectivity index (χ3v) is 2.98. The van der Waals surface area contributed by atoms with Gasteiger partial charge in [0.25, 0.3) is 0 Å². The SMILES string of the molecule is C[C@H](CC1=CCCC=C1)c1ccccc1. The largest absolute Gasteiger partial charge is 0.0840 e. The molecule has 0 nitrogen and oxygen atoms in total. The van der Waals surface area contributed by atoms with E-state index in [0.717, 1.165) is 0 Å². The third-order valence-electron chi connectivity index (χ3n) is 2.98. The molecule has 15 heavy (non-hydrogen) atoms. The Bertz CT molecular complexity index is 357. The average molecular weight is 198 g/mol. The fourth-order valence-corrected chi connectivity index (χ4v) is 2.07. The summed E-state index contributed by atoms with van der Waals surface area (Å²) in [5.74, 6) is 0.625. The van der Waals surface area contributed by atoms with Crippen LogP contribution in [0.3, 0.4) is 0 Å². The van der Waals surface area contributed by atoms with E-state index in [9.17, 15) is 0 Å². The summed E-state index contributed by atoms with van der Waals surface area (Å²) < 4.78 is 0. The standard InChI is InChI=1S/C15H18/c1-13(15-10-6-3-7-11-15)12-14-8-4-2-5-9-14/h3-4,6-11,13H,2,5,12H2,1H3/t13-/m1/s1. The first-order chi connectivity index (χ1) is 7.36. The molecule has 0 spiro atoms. The van der Waals surface area contributed by atoms with E-state index < -0.39 is 0 Å². The zero-order chi connectivity index (χ0) is 10.5. The summed E-state index contributed by atoms with van der Waals surface area (Å²) in [4.78, 5) is 0. The minimum atomic E-state index is 0.625. The van der Waals surface area contributed by atoms with E-state index in [0.29, 0.717) is 5.92 Å². The molecule has 0 unspecified atom stereocenters. The van der Waals surface area contributed by atoms with Gasteiger partial charge in [-0.3, -0.25) is 0 Å². The van der Waals surface area contributed by atoms with Crippen LogP contribution in [0.5, 0.6) is 0 Å². The third kappa shape index (κ3) is 2.82. The Balaban J connectivity index is 2.01. The maximum Gasteiger partial charge on any atom is -0.0150 e. The van der Waals surface area contributed by atoms with Crippen LogP contribution < -0.4 is 0 Å². The summed E-state index contributed by atoms with van der Waals surface area (Å²) in [7, 11) is 0. The summed E-state index contributed by atoms with van der Waals surface area (Å²) >= 11 is 0. The van der Waals surface area contributed by atoms with Crippen molar-refractivity contribution in [2.24, 2.45) is 0 Å². The molecule has 0 saturated carbocycles. The minimum absolute atomic E-state index is 0.625. The second-order valence-corrected chi connectivity index (χ2v) is 4.27. The lowest BCUT2D eigenvalue weighted by atomic mass is 9.91. The zero-order valence-electron chi connectivity index (χ0n) is 9.32. The van der Waals surface area contributed by atoms with E-state index in [4.69, 9.17) is 0 Å². The molecular formula is C15H18. The Kier molecular flexibility index (Phi) is 3.39. The highest BCUT2D eigenvalue weighted by atomic mass is 14.1. The van der Waals surface area contributed by atoms with Crippen molar-refractivity contribution in [3.63, 3.8) is 0 Å². The van der Waals surface area contributed by atoms with Crippen LogP contribution in [-0.2, 0) is 0 Å². The number of rotatable bonds is 3. The lowest BCUT2D eigenvalue weighted by Crippen LogP contribution is -1.96. The van der Waals surface area contributed by atoms with Crippen molar-refractivity contribution in [1.82, 2.24) is 0 Å². The van der Waals surface area contributed by atoms with Crippen molar-refractivity contribution < 1.29 is 0 Å². The number of hydrogen-bond donors (Lipinski definition) is 0. The van der Waals surface area contributed by atoms with Gasteiger partial charge in [-0.25, -0.2) is 0 Å². The molecule has 0 aliphatic heterocycles. The second-order valence-electron chi connectivity index (χ2n) is 4.27. The molecule has 0 bridgehead atoms. The first kappa shape index (κ1) is 10.2. The van der Waals surface area contributed by atoms with Gasteiger partial charge in [0, 0.05) is 0 Å². The molecule has 0 radical (unpaired) electrons. The van der Waals surface area contributed by atoms with Gasteiger partial charge in [0.2, 0.25) is 0 Å². The predicted molar refractivity (Wildman–Crippen MR) is 65.9 cm³/mol. The highest BCUT2D eigenvalue weighted by molar-refractivity contribution is 5.27. The van der Waals surface area contributed by atoms with Crippen LogP contribution in [0.2, 0.25) is 0 Å². The van der Waals surface area contributed by atoms with E-state index in [-0.39, 0.29) is 0 Å². The monoisotopic (exact) mass is 198 g/mol. The van der Waals surface area contributed by atoms with Gasteiger partial charge in [-0.1, -0.05) is 61.1 Å². The molecule has 1 aliphatic carbocycles. The number of hydrogen-bond acceptors (Lipinski definition) is 0. The van der Waals surface area contributed by atoms with Crippen molar-refractivity contribution in [1.29, 1.82) is 0 Å². The van der Waals surface area contributed by atoms with Gasteiger partial charge in [0.05, 0.1) is 0 Å². The minimum Gasteiger partial charge on any atom is -0.0840 e. The van der Waals surface area contributed by atoms with Crippen LogP contribution >= 0.6 is 0 Å². The van der Waals surface area contributed by atoms with Gasteiger partial charge in [-0.2, -0.15) is 0 Å². The summed E-state index contributed by atoms with van der Waals surface area (Å²) in [5.41, 5.74) is 2.94. The summed E-state index contributed by atoms with van der Waals surface area (Å²) in [6, 6.07) is 10.8. The molecule has 0 heterocycles. The first-order valence-electron chi connectivity index (χ1n) is 5.77. The molecule has 0 heteroatoms. The van der Waals surface area contributed by atoms with Gasteiger partial charge in [-0.05, 0) is 30.7 Å². The quantitative estimate of drug-likeness (QED) is 0.672. The van der Waals surface area contributed by atoms with Gasteiger partial charge < -0.3 is 0 Å². The van der Waals surface area contributed by atoms with Crippen molar-refractivity contribution in [3.05, 3.63) is 59.7 Å². The maximum atomic E-state index is 2.37. The Hall–Kier alpha value is -1.30. The van der Waals surface area contributed by atoms with Gasteiger partial charge in [0.1, 0.15) is 0 Å². The molecule has 1 aromatic rings. The Morgan fingerprint density at radius 3 is 2.60 bits per heavy atom. The van der Waals surface area contributed by atoms with Crippen LogP contribution in [0.15, 0.2) is 54.1 Å². The normalized spacial score (nSPS) is 17.3. The van der Waals surface area contributed by atoms with Crippen LogP contribution in [0.4, 0.5) is 0 Å². The lowest BCUT2D eigenvalue weighted by Gasteiger charge is -2.14. The molecule has 0 amide bonds. The van der Waals surface area contributed by atoms with Crippen molar-refractivity contribution in [2.75, 3.05) is 0 Å². The molecule has 0 aromatic heterocycles. The smallest absolute Gasteiger partial charge is 0.0150 e. The van der Waals surface area contributed by atoms with Gasteiger partial charge in [-0.15, -0.1) is 0 Å². The van der Waals surface area contributed by atoms with E-state index in [1.165, 1.54) is 30.4 Å². The van der Waals surface area contributed by atoms with Crippen LogP contribution in [0.25, 0.3) is 0 Å². The van der Waals surface area contributed by atoms with Gasteiger partial charge >= 0.3 is 0 Å². The van der Waals surface area contributed by atoms with Crippen LogP contribution in [0, 0.1) is 0 Å². The zero-order valence-corrected chi connectivity index (χ0v) is 9.32. The fourth-order valence-electron chi connectivity index (χ4n) is 2.07. The van der Waals surface area contributed by atoms with Gasteiger partial charge in [0.15, 0.2) is 0 Å². The van der Waals surface area contributed by atoms with Crippen LogP contribution in [-0.4, -0.2) is 0 Å².